The summed E-state index contributed by atoms with van der Waals surface area (Å²) in [5, 5.41) is 25.1. The fourth-order valence-corrected chi connectivity index (χ4v) is 0.938. The molecule has 0 heterocycles. The molecule has 13 heavy (non-hydrogen) atoms. The van der Waals surface area contributed by atoms with Gasteiger partial charge in [-0.2, -0.15) is 17.5 Å². The van der Waals surface area contributed by atoms with E-state index in [9.17, 15) is 14.4 Å². The van der Waals surface area contributed by atoms with Crippen molar-refractivity contribution in [3.63, 3.8) is 0 Å². The lowest BCUT2D eigenvalue weighted by molar-refractivity contribution is -0.141. The van der Waals surface area contributed by atoms with Gasteiger partial charge in [-0.1, -0.05) is 0 Å². The minimum absolute atomic E-state index is 0.213. The van der Waals surface area contributed by atoms with E-state index in [1.54, 1.807) is 0 Å². The molecule has 0 aliphatic rings. The van der Waals surface area contributed by atoms with E-state index in [-0.39, 0.29) is 4.90 Å². The summed E-state index contributed by atoms with van der Waals surface area (Å²) in [5.74, 6) is -1.96. The molecule has 0 radical (unpaired) electrons. The lowest BCUT2D eigenvalue weighted by Crippen LogP contribution is -2.48. The van der Waals surface area contributed by atoms with Crippen LogP contribution in [0.15, 0.2) is 0 Å². The van der Waals surface area contributed by atoms with E-state index in [1.807, 2.05) is 0 Å². The second kappa shape index (κ2) is 4.55. The van der Waals surface area contributed by atoms with Gasteiger partial charge < -0.3 is 15.3 Å². The number of amides is 2. The van der Waals surface area contributed by atoms with E-state index in [4.69, 9.17) is 15.3 Å². The maximum atomic E-state index is 10.4. The molecule has 0 aromatic heterocycles. The predicted molar refractivity (Wildman–Crippen MR) is 43.2 cm³/mol. The minimum atomic E-state index is -1.84. The highest BCUT2D eigenvalue weighted by Gasteiger charge is 2.33. The van der Waals surface area contributed by atoms with Crippen molar-refractivity contribution in [2.45, 2.75) is 6.04 Å². The van der Waals surface area contributed by atoms with Gasteiger partial charge in [0, 0.05) is 5.75 Å². The summed E-state index contributed by atoms with van der Waals surface area (Å²) in [6.45, 7) is 0. The van der Waals surface area contributed by atoms with Crippen LogP contribution in [0.25, 0.3) is 0 Å². The first-order valence-corrected chi connectivity index (χ1v) is 3.63. The van der Waals surface area contributed by atoms with Gasteiger partial charge in [-0.25, -0.2) is 14.4 Å². The number of rotatable bonds is 3. The number of hydrogen-bond donors (Lipinski definition) is 4. The van der Waals surface area contributed by atoms with Crippen molar-refractivity contribution in [3.8, 4) is 0 Å². The second-order valence-corrected chi connectivity index (χ2v) is 2.34. The van der Waals surface area contributed by atoms with Crippen LogP contribution in [-0.2, 0) is 4.79 Å². The van der Waals surface area contributed by atoms with Crippen molar-refractivity contribution < 1.29 is 29.7 Å². The third-order valence-corrected chi connectivity index (χ3v) is 1.53. The van der Waals surface area contributed by atoms with E-state index in [0.717, 1.165) is 0 Å². The van der Waals surface area contributed by atoms with Gasteiger partial charge in [-0.05, 0) is 0 Å². The zero-order valence-corrected chi connectivity index (χ0v) is 7.14. The molecule has 0 aliphatic heterocycles. The Morgan fingerprint density at radius 1 is 1.15 bits per heavy atom. The van der Waals surface area contributed by atoms with E-state index < -0.39 is 30.0 Å². The van der Waals surface area contributed by atoms with Crippen LogP contribution in [0.4, 0.5) is 9.59 Å². The van der Waals surface area contributed by atoms with Gasteiger partial charge in [-0.15, -0.1) is 0 Å². The molecule has 3 N–H and O–H groups in total. The molecule has 2 amide bonds. The lowest BCUT2D eigenvalue weighted by atomic mass is 10.3. The average Bonchev–Trinajstić information content (AvgIpc) is 1.97. The Balaban J connectivity index is 4.80. The van der Waals surface area contributed by atoms with Crippen LogP contribution in [0.1, 0.15) is 0 Å². The first kappa shape index (κ1) is 11.6. The predicted octanol–water partition coefficient (Wildman–Crippen LogP) is 0.0274. The maximum Gasteiger partial charge on any atom is 0.417 e. The maximum absolute atomic E-state index is 10.4. The van der Waals surface area contributed by atoms with Crippen molar-refractivity contribution in [2.24, 2.45) is 0 Å². The number of imide groups is 1. The fraction of sp³-hybridized carbons (Fsp3) is 0.400. The first-order valence-electron chi connectivity index (χ1n) is 3.00. The molecule has 74 valence electrons. The molecule has 0 rings (SSSR count). The Hall–Kier alpha value is -1.44. The van der Waals surface area contributed by atoms with E-state index in [2.05, 4.69) is 12.6 Å². The van der Waals surface area contributed by atoms with Crippen LogP contribution >= 0.6 is 12.6 Å². The molecular formula is C5H7NO6S. The smallest absolute Gasteiger partial charge is 0.417 e. The largest absolute Gasteiger partial charge is 0.480 e. The molecular weight excluding hydrogens is 202 g/mol. The van der Waals surface area contributed by atoms with Crippen LogP contribution in [-0.4, -0.2) is 50.2 Å². The van der Waals surface area contributed by atoms with Crippen LogP contribution < -0.4 is 0 Å². The van der Waals surface area contributed by atoms with Crippen LogP contribution in [0.3, 0.4) is 0 Å². The van der Waals surface area contributed by atoms with Crippen LogP contribution in [0.2, 0.25) is 0 Å². The number of carboxylic acids is 1. The minimum Gasteiger partial charge on any atom is -0.480 e. The number of carbonyl (C=O) groups is 3. The molecule has 7 nitrogen and oxygen atoms in total. The van der Waals surface area contributed by atoms with Crippen LogP contribution in [0.5, 0.6) is 0 Å². The van der Waals surface area contributed by atoms with E-state index >= 15 is 0 Å². The Morgan fingerprint density at radius 3 is 1.62 bits per heavy atom. The summed E-state index contributed by atoms with van der Waals surface area (Å²) in [6.07, 6.45) is -3.68. The highest BCUT2D eigenvalue weighted by Crippen LogP contribution is 2.03. The fourth-order valence-electron chi connectivity index (χ4n) is 0.619. The van der Waals surface area contributed by atoms with Gasteiger partial charge >= 0.3 is 18.2 Å². The van der Waals surface area contributed by atoms with E-state index in [1.165, 1.54) is 0 Å². The van der Waals surface area contributed by atoms with Crippen molar-refractivity contribution in [1.82, 2.24) is 4.90 Å². The number of aliphatic carboxylic acids is 1. The SMILES string of the molecule is O=C(O)C(CS)N(C(=O)O)C(=O)O. The third kappa shape index (κ3) is 2.82. The molecule has 0 aromatic carbocycles. The standard InChI is InChI=1S/C5H7NO6S/c7-3(8)2(1-13)6(4(9)10)5(11)12/h2,13H,1H2,(H,7,8)(H,9,10)(H,11,12). The molecule has 0 spiro atoms. The summed E-state index contributed by atoms with van der Waals surface area (Å²) in [6, 6.07) is -1.68. The van der Waals surface area contributed by atoms with Crippen molar-refractivity contribution in [1.29, 1.82) is 0 Å². The highest BCUT2D eigenvalue weighted by atomic mass is 32.1. The van der Waals surface area contributed by atoms with Gasteiger partial charge in [0.2, 0.25) is 0 Å². The molecule has 1 atom stereocenters. The van der Waals surface area contributed by atoms with Gasteiger partial charge in [0.05, 0.1) is 0 Å². The topological polar surface area (TPSA) is 115 Å². The van der Waals surface area contributed by atoms with E-state index in [0.29, 0.717) is 0 Å². The van der Waals surface area contributed by atoms with Crippen molar-refractivity contribution in [2.75, 3.05) is 5.75 Å². The quantitative estimate of drug-likeness (QED) is 0.487. The molecule has 0 saturated heterocycles. The van der Waals surface area contributed by atoms with Gasteiger partial charge in [0.1, 0.15) is 0 Å². The zero-order chi connectivity index (χ0) is 10.6. The Morgan fingerprint density at radius 2 is 1.54 bits per heavy atom. The summed E-state index contributed by atoms with van der Waals surface area (Å²) in [4.78, 5) is 30.7. The molecule has 0 saturated carbocycles. The van der Waals surface area contributed by atoms with Crippen molar-refractivity contribution >= 4 is 30.8 Å². The molecule has 1 unspecified atom stereocenters. The molecule has 0 bridgehead atoms. The van der Waals surface area contributed by atoms with Gasteiger partial charge in [0.25, 0.3) is 0 Å². The zero-order valence-electron chi connectivity index (χ0n) is 6.25. The van der Waals surface area contributed by atoms with Crippen molar-refractivity contribution in [3.05, 3.63) is 0 Å². The van der Waals surface area contributed by atoms with Crippen LogP contribution in [0, 0.1) is 0 Å². The Bertz CT molecular complexity index is 227. The monoisotopic (exact) mass is 209 g/mol. The van der Waals surface area contributed by atoms with Gasteiger partial charge in [0.15, 0.2) is 6.04 Å². The number of nitrogens with zero attached hydrogens (tertiary/aromatic N) is 1. The molecule has 8 heteroatoms. The molecule has 0 aliphatic carbocycles. The number of hydrogen-bond acceptors (Lipinski definition) is 4. The summed E-state index contributed by atoms with van der Waals surface area (Å²) in [5.41, 5.74) is 0. The molecule has 0 fully saturated rings. The normalized spacial score (nSPS) is 11.8. The Labute approximate surface area is 78.0 Å². The average molecular weight is 209 g/mol. The summed E-state index contributed by atoms with van der Waals surface area (Å²) >= 11 is 3.53. The Kier molecular flexibility index (Phi) is 4.05. The third-order valence-electron chi connectivity index (χ3n) is 1.18. The summed E-state index contributed by atoms with van der Waals surface area (Å²) < 4.78 is 0. The highest BCUT2D eigenvalue weighted by molar-refractivity contribution is 7.80. The second-order valence-electron chi connectivity index (χ2n) is 1.97. The first-order chi connectivity index (χ1) is 5.91. The van der Waals surface area contributed by atoms with Gasteiger partial charge in [-0.3, -0.25) is 0 Å². The number of thiol groups is 1. The molecule has 0 aromatic rings. The number of carboxylic acid groups (broad SMARTS) is 3. The summed E-state index contributed by atoms with van der Waals surface area (Å²) in [7, 11) is 0. The lowest BCUT2D eigenvalue weighted by Gasteiger charge is -2.19.